The van der Waals surface area contributed by atoms with E-state index < -0.39 is 0 Å². The number of carbonyl (C=O) groups excluding carboxylic acids is 1. The van der Waals surface area contributed by atoms with Gasteiger partial charge in [0.1, 0.15) is 5.82 Å². The van der Waals surface area contributed by atoms with Crippen molar-refractivity contribution in [1.82, 2.24) is 4.98 Å². The molecular weight excluding hydrogens is 342 g/mol. The number of hydrogen-bond donors (Lipinski definition) is 2. The van der Waals surface area contributed by atoms with Gasteiger partial charge in [-0.25, -0.2) is 4.98 Å². The Labute approximate surface area is 138 Å². The van der Waals surface area contributed by atoms with E-state index in [4.69, 9.17) is 0 Å². The predicted octanol–water partition coefficient (Wildman–Crippen LogP) is 4.45. The quantitative estimate of drug-likeness (QED) is 0.847. The molecule has 0 spiro atoms. The van der Waals surface area contributed by atoms with Crippen molar-refractivity contribution >= 4 is 33.3 Å². The fourth-order valence-corrected chi connectivity index (χ4v) is 3.03. The van der Waals surface area contributed by atoms with Crippen molar-refractivity contribution in [2.75, 3.05) is 10.6 Å². The van der Waals surface area contributed by atoms with Gasteiger partial charge < -0.3 is 10.6 Å². The van der Waals surface area contributed by atoms with Crippen LogP contribution in [0.1, 0.15) is 36.0 Å². The number of aromatic nitrogens is 1. The SMILES string of the molecule is O=C(Nc1ccccc1Br)c1ccc(NC2CCCC2)nc1. The van der Waals surface area contributed by atoms with E-state index in [9.17, 15) is 4.79 Å². The van der Waals surface area contributed by atoms with Crippen LogP contribution in [0.2, 0.25) is 0 Å². The zero-order chi connectivity index (χ0) is 15.4. The first-order valence-corrected chi connectivity index (χ1v) is 8.30. The molecule has 0 saturated heterocycles. The minimum Gasteiger partial charge on any atom is -0.367 e. The molecule has 1 fully saturated rings. The monoisotopic (exact) mass is 359 g/mol. The molecular formula is C17H18BrN3O. The summed E-state index contributed by atoms with van der Waals surface area (Å²) >= 11 is 3.42. The topological polar surface area (TPSA) is 54.0 Å². The van der Waals surface area contributed by atoms with E-state index in [1.165, 1.54) is 25.7 Å². The van der Waals surface area contributed by atoms with Gasteiger partial charge in [-0.2, -0.15) is 0 Å². The molecule has 1 saturated carbocycles. The smallest absolute Gasteiger partial charge is 0.257 e. The van der Waals surface area contributed by atoms with Gasteiger partial charge in [0.25, 0.3) is 5.91 Å². The van der Waals surface area contributed by atoms with Crippen LogP contribution in [0.3, 0.4) is 0 Å². The van der Waals surface area contributed by atoms with Gasteiger partial charge >= 0.3 is 0 Å². The molecule has 1 heterocycles. The molecule has 4 nitrogen and oxygen atoms in total. The number of amides is 1. The average Bonchev–Trinajstić information content (AvgIpc) is 3.03. The second kappa shape index (κ2) is 6.92. The van der Waals surface area contributed by atoms with Crippen LogP contribution in [0.5, 0.6) is 0 Å². The lowest BCUT2D eigenvalue weighted by molar-refractivity contribution is 0.102. The lowest BCUT2D eigenvalue weighted by Crippen LogP contribution is -2.16. The summed E-state index contributed by atoms with van der Waals surface area (Å²) in [6.07, 6.45) is 6.58. The highest BCUT2D eigenvalue weighted by molar-refractivity contribution is 9.10. The summed E-state index contributed by atoms with van der Waals surface area (Å²) in [5.74, 6) is 0.677. The predicted molar refractivity (Wildman–Crippen MR) is 92.2 cm³/mol. The summed E-state index contributed by atoms with van der Waals surface area (Å²) in [4.78, 5) is 16.6. The van der Waals surface area contributed by atoms with E-state index in [0.29, 0.717) is 11.6 Å². The van der Waals surface area contributed by atoms with E-state index in [0.717, 1.165) is 16.0 Å². The first-order chi connectivity index (χ1) is 10.7. The molecule has 1 aromatic heterocycles. The van der Waals surface area contributed by atoms with E-state index in [1.807, 2.05) is 30.3 Å². The zero-order valence-electron chi connectivity index (χ0n) is 12.2. The number of para-hydroxylation sites is 1. The molecule has 114 valence electrons. The van der Waals surface area contributed by atoms with Gasteiger partial charge in [-0.1, -0.05) is 25.0 Å². The fourth-order valence-electron chi connectivity index (χ4n) is 2.65. The van der Waals surface area contributed by atoms with Crippen LogP contribution in [0.15, 0.2) is 47.1 Å². The average molecular weight is 360 g/mol. The lowest BCUT2D eigenvalue weighted by Gasteiger charge is -2.12. The molecule has 0 unspecified atom stereocenters. The molecule has 2 N–H and O–H groups in total. The Morgan fingerprint density at radius 1 is 1.14 bits per heavy atom. The van der Waals surface area contributed by atoms with Gasteiger partial charge in [-0.3, -0.25) is 4.79 Å². The van der Waals surface area contributed by atoms with E-state index in [2.05, 4.69) is 31.5 Å². The Balaban J connectivity index is 1.64. The van der Waals surface area contributed by atoms with Gasteiger partial charge in [-0.05, 0) is 53.0 Å². The van der Waals surface area contributed by atoms with Crippen molar-refractivity contribution in [1.29, 1.82) is 0 Å². The van der Waals surface area contributed by atoms with Crippen molar-refractivity contribution in [3.05, 3.63) is 52.6 Å². The van der Waals surface area contributed by atoms with Crippen molar-refractivity contribution < 1.29 is 4.79 Å². The van der Waals surface area contributed by atoms with Gasteiger partial charge in [0.15, 0.2) is 0 Å². The standard InChI is InChI=1S/C17H18BrN3O/c18-14-7-3-4-8-15(14)21-17(22)12-9-10-16(19-11-12)20-13-5-1-2-6-13/h3-4,7-11,13H,1-2,5-6H2,(H,19,20)(H,21,22). The molecule has 5 heteroatoms. The molecule has 1 aromatic carbocycles. The third-order valence-electron chi connectivity index (χ3n) is 3.85. The highest BCUT2D eigenvalue weighted by Crippen LogP contribution is 2.23. The summed E-state index contributed by atoms with van der Waals surface area (Å²) < 4.78 is 0.857. The van der Waals surface area contributed by atoms with Gasteiger partial charge in [-0.15, -0.1) is 0 Å². The van der Waals surface area contributed by atoms with Gasteiger partial charge in [0.05, 0.1) is 11.3 Å². The molecule has 1 aliphatic carbocycles. The number of halogens is 1. The van der Waals surface area contributed by atoms with Crippen LogP contribution in [-0.4, -0.2) is 16.9 Å². The van der Waals surface area contributed by atoms with Crippen LogP contribution in [-0.2, 0) is 0 Å². The summed E-state index contributed by atoms with van der Waals surface area (Å²) in [5.41, 5.74) is 1.30. The maximum absolute atomic E-state index is 12.2. The molecule has 0 radical (unpaired) electrons. The number of anilines is 2. The van der Waals surface area contributed by atoms with Crippen LogP contribution in [0.4, 0.5) is 11.5 Å². The normalized spacial score (nSPS) is 14.8. The molecule has 2 aromatic rings. The fraction of sp³-hybridized carbons (Fsp3) is 0.294. The second-order valence-electron chi connectivity index (χ2n) is 5.49. The first kappa shape index (κ1) is 15.0. The largest absolute Gasteiger partial charge is 0.367 e. The number of nitrogens with one attached hydrogen (secondary N) is 2. The Morgan fingerprint density at radius 2 is 1.91 bits per heavy atom. The highest BCUT2D eigenvalue weighted by atomic mass is 79.9. The zero-order valence-corrected chi connectivity index (χ0v) is 13.8. The molecule has 1 aliphatic rings. The third kappa shape index (κ3) is 3.65. The van der Waals surface area contributed by atoms with E-state index in [-0.39, 0.29) is 5.91 Å². The van der Waals surface area contributed by atoms with Crippen LogP contribution >= 0.6 is 15.9 Å². The van der Waals surface area contributed by atoms with Crippen molar-refractivity contribution in [2.24, 2.45) is 0 Å². The van der Waals surface area contributed by atoms with Crippen LogP contribution in [0.25, 0.3) is 0 Å². The summed E-state index contributed by atoms with van der Waals surface area (Å²) in [7, 11) is 0. The van der Waals surface area contributed by atoms with Crippen molar-refractivity contribution in [3.8, 4) is 0 Å². The lowest BCUT2D eigenvalue weighted by atomic mass is 10.2. The highest BCUT2D eigenvalue weighted by Gasteiger charge is 2.15. The molecule has 3 rings (SSSR count). The van der Waals surface area contributed by atoms with Gasteiger partial charge in [0, 0.05) is 16.7 Å². The second-order valence-corrected chi connectivity index (χ2v) is 6.35. The van der Waals surface area contributed by atoms with Crippen molar-refractivity contribution in [2.45, 2.75) is 31.7 Å². The summed E-state index contributed by atoms with van der Waals surface area (Å²) in [6.45, 7) is 0. The molecule has 0 atom stereocenters. The third-order valence-corrected chi connectivity index (χ3v) is 4.55. The maximum atomic E-state index is 12.2. The van der Waals surface area contributed by atoms with Crippen molar-refractivity contribution in [3.63, 3.8) is 0 Å². The van der Waals surface area contributed by atoms with Crippen LogP contribution < -0.4 is 10.6 Å². The van der Waals surface area contributed by atoms with Crippen LogP contribution in [0, 0.1) is 0 Å². The first-order valence-electron chi connectivity index (χ1n) is 7.51. The Kier molecular flexibility index (Phi) is 4.73. The molecule has 22 heavy (non-hydrogen) atoms. The Bertz CT molecular complexity index is 651. The molecule has 1 amide bonds. The van der Waals surface area contributed by atoms with E-state index in [1.54, 1.807) is 12.3 Å². The Morgan fingerprint density at radius 3 is 2.59 bits per heavy atom. The minimum atomic E-state index is -0.160. The number of nitrogens with zero attached hydrogens (tertiary/aromatic N) is 1. The minimum absolute atomic E-state index is 0.160. The number of rotatable bonds is 4. The molecule has 0 aliphatic heterocycles. The molecule has 0 bridgehead atoms. The maximum Gasteiger partial charge on any atom is 0.257 e. The summed E-state index contributed by atoms with van der Waals surface area (Å²) in [5, 5.41) is 6.29. The van der Waals surface area contributed by atoms with Gasteiger partial charge in [0.2, 0.25) is 0 Å². The number of pyridine rings is 1. The number of benzene rings is 1. The van der Waals surface area contributed by atoms with E-state index >= 15 is 0 Å². The number of carbonyl (C=O) groups is 1. The number of hydrogen-bond acceptors (Lipinski definition) is 3. The Hall–Kier alpha value is -1.88. The summed E-state index contributed by atoms with van der Waals surface area (Å²) in [6, 6.07) is 11.7.